The number of nitrogens with one attached hydrogen (secondary N) is 1. The normalized spacial score (nSPS) is 11.8. The van der Waals surface area contributed by atoms with Gasteiger partial charge in [-0.05, 0) is 30.2 Å². The van der Waals surface area contributed by atoms with Crippen molar-refractivity contribution in [2.75, 3.05) is 20.3 Å². The van der Waals surface area contributed by atoms with Crippen molar-refractivity contribution < 1.29 is 14.6 Å². The molecule has 0 bridgehead atoms. The van der Waals surface area contributed by atoms with Gasteiger partial charge in [0.25, 0.3) is 5.91 Å². The molecule has 0 radical (unpaired) electrons. The fourth-order valence-corrected chi connectivity index (χ4v) is 2.58. The Morgan fingerprint density at radius 2 is 2.00 bits per heavy atom. The maximum atomic E-state index is 12.3. The van der Waals surface area contributed by atoms with Crippen LogP contribution in [0.2, 0.25) is 5.02 Å². The molecule has 0 aliphatic heterocycles. The van der Waals surface area contributed by atoms with Crippen LogP contribution in [-0.4, -0.2) is 31.3 Å². The van der Waals surface area contributed by atoms with Gasteiger partial charge in [-0.15, -0.1) is 0 Å². The van der Waals surface area contributed by atoms with Gasteiger partial charge in [0, 0.05) is 24.6 Å². The molecule has 0 aliphatic carbocycles. The maximum absolute atomic E-state index is 12.3. The number of methoxy groups -OCH3 is 1. The molecular weight excluding hydrogens is 314 g/mol. The average Bonchev–Trinajstić information content (AvgIpc) is 2.59. The molecule has 2 aromatic rings. The van der Waals surface area contributed by atoms with E-state index in [2.05, 4.69) is 5.32 Å². The van der Waals surface area contributed by atoms with Crippen molar-refractivity contribution in [1.82, 2.24) is 5.32 Å². The second kappa shape index (κ2) is 8.56. The summed E-state index contributed by atoms with van der Waals surface area (Å²) in [7, 11) is 1.51. The average molecular weight is 334 g/mol. The Hall–Kier alpha value is -2.04. The van der Waals surface area contributed by atoms with Gasteiger partial charge in [0.05, 0.1) is 12.1 Å². The minimum atomic E-state index is -0.196. The van der Waals surface area contributed by atoms with E-state index >= 15 is 0 Å². The fourth-order valence-electron chi connectivity index (χ4n) is 2.39. The molecule has 5 heteroatoms. The van der Waals surface area contributed by atoms with E-state index in [-0.39, 0.29) is 18.4 Å². The number of ether oxygens (including phenoxy) is 1. The van der Waals surface area contributed by atoms with E-state index in [4.69, 9.17) is 16.3 Å². The number of halogens is 1. The lowest BCUT2D eigenvalue weighted by atomic mass is 9.96. The minimum absolute atomic E-state index is 0.0688. The number of benzene rings is 2. The molecule has 2 aromatic carbocycles. The van der Waals surface area contributed by atoms with Gasteiger partial charge in [0.2, 0.25) is 0 Å². The number of aliphatic hydroxyl groups excluding tert-OH is 1. The second-order valence-electron chi connectivity index (χ2n) is 5.18. The van der Waals surface area contributed by atoms with Crippen molar-refractivity contribution >= 4 is 17.5 Å². The highest BCUT2D eigenvalue weighted by Crippen LogP contribution is 2.25. The van der Waals surface area contributed by atoms with Crippen LogP contribution in [0.15, 0.2) is 48.5 Å². The molecule has 1 atom stereocenters. The van der Waals surface area contributed by atoms with Crippen molar-refractivity contribution in [3.05, 3.63) is 64.7 Å². The second-order valence-corrected chi connectivity index (χ2v) is 5.59. The van der Waals surface area contributed by atoms with Crippen LogP contribution in [-0.2, 0) is 0 Å². The molecule has 2 N–H and O–H groups in total. The summed E-state index contributed by atoms with van der Waals surface area (Å²) in [6, 6.07) is 14.7. The van der Waals surface area contributed by atoms with Gasteiger partial charge >= 0.3 is 0 Å². The highest BCUT2D eigenvalue weighted by Gasteiger charge is 2.14. The summed E-state index contributed by atoms with van der Waals surface area (Å²) in [5.74, 6) is 0.340. The highest BCUT2D eigenvalue weighted by molar-refractivity contribution is 6.32. The van der Waals surface area contributed by atoms with E-state index in [9.17, 15) is 9.90 Å². The van der Waals surface area contributed by atoms with E-state index in [0.717, 1.165) is 5.56 Å². The molecule has 0 aliphatic rings. The number of carbonyl (C=O) groups excluding carboxylic acids is 1. The van der Waals surface area contributed by atoms with Gasteiger partial charge in [-0.3, -0.25) is 4.79 Å². The van der Waals surface area contributed by atoms with Gasteiger partial charge in [0.1, 0.15) is 5.75 Å². The molecule has 0 saturated heterocycles. The van der Waals surface area contributed by atoms with Crippen LogP contribution in [0.5, 0.6) is 5.75 Å². The standard InChI is InChI=1S/C18H20ClNO3/c1-23-17-11-14(7-8-16(17)19)18(22)20-12-15(9-10-21)13-5-3-2-4-6-13/h2-8,11,15,21H,9-10,12H2,1H3,(H,20,22). The van der Waals surface area contributed by atoms with Crippen LogP contribution in [0.1, 0.15) is 28.3 Å². The van der Waals surface area contributed by atoms with Crippen molar-refractivity contribution in [2.45, 2.75) is 12.3 Å². The summed E-state index contributed by atoms with van der Waals surface area (Å²) < 4.78 is 5.12. The van der Waals surface area contributed by atoms with E-state index in [0.29, 0.717) is 29.3 Å². The lowest BCUT2D eigenvalue weighted by Gasteiger charge is -2.17. The van der Waals surface area contributed by atoms with Crippen LogP contribution in [0, 0.1) is 0 Å². The smallest absolute Gasteiger partial charge is 0.251 e. The Bertz CT molecular complexity index is 646. The summed E-state index contributed by atoms with van der Waals surface area (Å²) in [4.78, 5) is 12.3. The summed E-state index contributed by atoms with van der Waals surface area (Å²) >= 11 is 5.97. The highest BCUT2D eigenvalue weighted by atomic mass is 35.5. The zero-order valence-electron chi connectivity index (χ0n) is 13.0. The van der Waals surface area contributed by atoms with E-state index in [1.165, 1.54) is 7.11 Å². The Morgan fingerprint density at radius 1 is 1.26 bits per heavy atom. The zero-order valence-corrected chi connectivity index (χ0v) is 13.7. The first-order chi connectivity index (χ1) is 11.2. The molecule has 2 rings (SSSR count). The van der Waals surface area contributed by atoms with E-state index in [1.807, 2.05) is 30.3 Å². The third-order valence-electron chi connectivity index (χ3n) is 3.67. The largest absolute Gasteiger partial charge is 0.495 e. The number of amides is 1. The number of hydrogen-bond acceptors (Lipinski definition) is 3. The monoisotopic (exact) mass is 333 g/mol. The van der Waals surface area contributed by atoms with E-state index in [1.54, 1.807) is 18.2 Å². The van der Waals surface area contributed by atoms with Crippen LogP contribution in [0.4, 0.5) is 0 Å². The van der Waals surface area contributed by atoms with Gasteiger partial charge in [-0.2, -0.15) is 0 Å². The third kappa shape index (κ3) is 4.71. The first kappa shape index (κ1) is 17.3. The lowest BCUT2D eigenvalue weighted by molar-refractivity contribution is 0.0949. The van der Waals surface area contributed by atoms with Gasteiger partial charge in [-0.25, -0.2) is 0 Å². The van der Waals surface area contributed by atoms with Crippen molar-refractivity contribution in [3.63, 3.8) is 0 Å². The summed E-state index contributed by atoms with van der Waals surface area (Å²) in [5, 5.41) is 12.6. The Kier molecular flexibility index (Phi) is 6.44. The number of aliphatic hydroxyl groups is 1. The predicted molar refractivity (Wildman–Crippen MR) is 91.2 cm³/mol. The molecule has 4 nitrogen and oxygen atoms in total. The Morgan fingerprint density at radius 3 is 2.65 bits per heavy atom. The molecule has 0 aromatic heterocycles. The summed E-state index contributed by atoms with van der Waals surface area (Å²) in [6.07, 6.45) is 0.592. The molecular formula is C18H20ClNO3. The Labute approximate surface area is 141 Å². The Balaban J connectivity index is 2.04. The van der Waals surface area contributed by atoms with Crippen LogP contribution < -0.4 is 10.1 Å². The first-order valence-electron chi connectivity index (χ1n) is 7.43. The molecule has 0 spiro atoms. The molecule has 0 heterocycles. The van der Waals surface area contributed by atoms with Crippen molar-refractivity contribution in [3.8, 4) is 5.75 Å². The van der Waals surface area contributed by atoms with Crippen LogP contribution >= 0.6 is 11.6 Å². The van der Waals surface area contributed by atoms with Gasteiger partial charge in [-0.1, -0.05) is 41.9 Å². The van der Waals surface area contributed by atoms with Crippen LogP contribution in [0.3, 0.4) is 0 Å². The van der Waals surface area contributed by atoms with Crippen molar-refractivity contribution in [2.24, 2.45) is 0 Å². The minimum Gasteiger partial charge on any atom is -0.495 e. The quantitative estimate of drug-likeness (QED) is 0.817. The van der Waals surface area contributed by atoms with Gasteiger partial charge in [0.15, 0.2) is 0 Å². The number of carbonyl (C=O) groups is 1. The third-order valence-corrected chi connectivity index (χ3v) is 3.98. The topological polar surface area (TPSA) is 58.6 Å². The van der Waals surface area contributed by atoms with E-state index < -0.39 is 0 Å². The molecule has 0 saturated carbocycles. The predicted octanol–water partition coefficient (Wildman–Crippen LogP) is 3.24. The maximum Gasteiger partial charge on any atom is 0.251 e. The number of hydrogen-bond donors (Lipinski definition) is 2. The fraction of sp³-hybridized carbons (Fsp3) is 0.278. The van der Waals surface area contributed by atoms with Gasteiger partial charge < -0.3 is 15.2 Å². The first-order valence-corrected chi connectivity index (χ1v) is 7.81. The van der Waals surface area contributed by atoms with Crippen molar-refractivity contribution in [1.29, 1.82) is 0 Å². The molecule has 1 amide bonds. The SMILES string of the molecule is COc1cc(C(=O)NCC(CCO)c2ccccc2)ccc1Cl. The molecule has 23 heavy (non-hydrogen) atoms. The number of rotatable bonds is 7. The summed E-state index contributed by atoms with van der Waals surface area (Å²) in [5.41, 5.74) is 1.58. The summed E-state index contributed by atoms with van der Waals surface area (Å²) in [6.45, 7) is 0.526. The lowest BCUT2D eigenvalue weighted by Crippen LogP contribution is -2.28. The van der Waals surface area contributed by atoms with Crippen LogP contribution in [0.25, 0.3) is 0 Å². The molecule has 1 unspecified atom stereocenters. The molecule has 122 valence electrons. The molecule has 0 fully saturated rings. The zero-order chi connectivity index (χ0) is 16.7.